The van der Waals surface area contributed by atoms with Gasteiger partial charge in [0.1, 0.15) is 6.04 Å². The Morgan fingerprint density at radius 1 is 1.17 bits per heavy atom. The lowest BCUT2D eigenvalue weighted by molar-refractivity contribution is -0.161. The second-order valence-corrected chi connectivity index (χ2v) is 10.7. The van der Waals surface area contributed by atoms with Crippen LogP contribution in [0.5, 0.6) is 0 Å². The molecule has 2 unspecified atom stereocenters. The molecule has 9 heteroatoms. The lowest BCUT2D eigenvalue weighted by Crippen LogP contribution is -2.50. The number of carbonyl (C=O) groups excluding carboxylic acids is 2. The van der Waals surface area contributed by atoms with E-state index in [-0.39, 0.29) is 18.6 Å². The number of hydrogen-bond donors (Lipinski definition) is 4. The van der Waals surface area contributed by atoms with E-state index in [0.717, 1.165) is 28.5 Å². The number of nitrogens with two attached hydrogens (primary N) is 2. The van der Waals surface area contributed by atoms with Crippen LogP contribution in [0.25, 0.3) is 10.8 Å². The monoisotopic (exact) mass is 534 g/mol. The maximum atomic E-state index is 12.8. The summed E-state index contributed by atoms with van der Waals surface area (Å²) in [5, 5.41) is 5.85. The van der Waals surface area contributed by atoms with Crippen molar-refractivity contribution in [2.45, 2.75) is 51.4 Å². The van der Waals surface area contributed by atoms with Gasteiger partial charge in [-0.05, 0) is 40.7 Å². The summed E-state index contributed by atoms with van der Waals surface area (Å²) < 4.78 is 5.14. The number of fused-ring (bicyclic) bond motifs is 1. The second kappa shape index (κ2) is 16.3. The van der Waals surface area contributed by atoms with E-state index in [1.807, 2.05) is 29.4 Å². The third-order valence-corrected chi connectivity index (χ3v) is 7.55. The van der Waals surface area contributed by atoms with E-state index in [4.69, 9.17) is 16.2 Å². The molecule has 4 atom stereocenters. The van der Waals surface area contributed by atoms with Crippen molar-refractivity contribution in [3.05, 3.63) is 48.0 Å². The molecular formula is C27H42N4O3S2. The largest absolute Gasteiger partial charge is 0.391 e. The van der Waals surface area contributed by atoms with Gasteiger partial charge >= 0.3 is 11.9 Å². The van der Waals surface area contributed by atoms with Crippen molar-refractivity contribution in [3.8, 4) is 0 Å². The molecule has 2 rings (SSSR count). The average molecular weight is 535 g/mol. The summed E-state index contributed by atoms with van der Waals surface area (Å²) in [6.07, 6.45) is 3.39. The highest BCUT2D eigenvalue weighted by atomic mass is 32.2. The first kappa shape index (κ1) is 30.6. The zero-order chi connectivity index (χ0) is 26.5. The van der Waals surface area contributed by atoms with Crippen LogP contribution < -0.4 is 16.8 Å². The maximum Gasteiger partial charge on any atom is 0.330 e. The van der Waals surface area contributed by atoms with Crippen molar-refractivity contribution in [1.29, 1.82) is 0 Å². The normalized spacial score (nSPS) is 15.0. The van der Waals surface area contributed by atoms with Crippen LogP contribution in [0, 0.1) is 5.92 Å². The molecule has 0 amide bonds. The highest BCUT2D eigenvalue weighted by molar-refractivity contribution is 7.98. The van der Waals surface area contributed by atoms with Gasteiger partial charge in [0.05, 0.1) is 6.54 Å². The molecule has 0 aliphatic carbocycles. The van der Waals surface area contributed by atoms with Gasteiger partial charge in [-0.1, -0.05) is 62.7 Å². The minimum absolute atomic E-state index is 0.0164. The van der Waals surface area contributed by atoms with Gasteiger partial charge in [0, 0.05) is 37.5 Å². The summed E-state index contributed by atoms with van der Waals surface area (Å²) in [6, 6.07) is 13.6. The van der Waals surface area contributed by atoms with E-state index in [9.17, 15) is 9.59 Å². The quantitative estimate of drug-likeness (QED) is 0.148. The Morgan fingerprint density at radius 3 is 2.58 bits per heavy atom. The highest BCUT2D eigenvalue weighted by Gasteiger charge is 2.25. The van der Waals surface area contributed by atoms with Crippen molar-refractivity contribution in [2.24, 2.45) is 17.4 Å². The van der Waals surface area contributed by atoms with Gasteiger partial charge < -0.3 is 21.5 Å². The molecule has 36 heavy (non-hydrogen) atoms. The number of hydrogen-bond acceptors (Lipinski definition) is 9. The lowest BCUT2D eigenvalue weighted by atomic mass is 9.97. The van der Waals surface area contributed by atoms with Crippen LogP contribution in [0.2, 0.25) is 0 Å². The number of nitrogens with zero attached hydrogens (tertiary/aromatic N) is 1. The number of ether oxygens (including phenoxy) is 1. The SMILES string of the molecule is CCC(C)C(CN(CC(=O)OC(=O)[C@@H](N)CCSC)Cc1cccc2ccccc12)NC[C@@H](N)CS. The summed E-state index contributed by atoms with van der Waals surface area (Å²) in [5.74, 6) is 0.412. The molecule has 5 N–H and O–H groups in total. The van der Waals surface area contributed by atoms with E-state index in [0.29, 0.717) is 37.7 Å². The fraction of sp³-hybridized carbons (Fsp3) is 0.556. The number of benzene rings is 2. The lowest BCUT2D eigenvalue weighted by Gasteiger charge is -2.32. The van der Waals surface area contributed by atoms with E-state index in [1.54, 1.807) is 11.8 Å². The van der Waals surface area contributed by atoms with Crippen LogP contribution in [0.15, 0.2) is 42.5 Å². The Labute approximate surface area is 225 Å². The van der Waals surface area contributed by atoms with E-state index >= 15 is 0 Å². The second-order valence-electron chi connectivity index (χ2n) is 9.33. The van der Waals surface area contributed by atoms with Gasteiger partial charge in [-0.2, -0.15) is 24.4 Å². The van der Waals surface area contributed by atoms with Gasteiger partial charge in [0.15, 0.2) is 0 Å². The van der Waals surface area contributed by atoms with Crippen molar-refractivity contribution in [2.75, 3.05) is 37.4 Å². The van der Waals surface area contributed by atoms with Crippen LogP contribution in [-0.4, -0.2) is 72.4 Å². The van der Waals surface area contributed by atoms with Crippen LogP contribution in [0.1, 0.15) is 32.3 Å². The van der Waals surface area contributed by atoms with Gasteiger partial charge in [0.25, 0.3) is 0 Å². The number of rotatable bonds is 16. The Kier molecular flexibility index (Phi) is 13.8. The Bertz CT molecular complexity index is 956. The molecule has 0 saturated carbocycles. The average Bonchev–Trinajstić information content (AvgIpc) is 2.88. The minimum atomic E-state index is -0.801. The maximum absolute atomic E-state index is 12.8. The van der Waals surface area contributed by atoms with Crippen LogP contribution in [-0.2, 0) is 20.9 Å². The number of esters is 2. The molecule has 0 fully saturated rings. The molecular weight excluding hydrogens is 492 g/mol. The third-order valence-electron chi connectivity index (χ3n) is 6.44. The molecule has 0 radical (unpaired) electrons. The Balaban J connectivity index is 2.22. The van der Waals surface area contributed by atoms with E-state index in [1.165, 1.54) is 0 Å². The molecule has 2 aromatic rings. The molecule has 0 aliphatic rings. The van der Waals surface area contributed by atoms with Crippen LogP contribution >= 0.6 is 24.4 Å². The van der Waals surface area contributed by atoms with Gasteiger partial charge in [0.2, 0.25) is 0 Å². The topological polar surface area (TPSA) is 111 Å². The number of nitrogens with one attached hydrogen (secondary N) is 1. The van der Waals surface area contributed by atoms with Crippen molar-refractivity contribution >= 4 is 47.1 Å². The first-order valence-corrected chi connectivity index (χ1v) is 14.6. The third kappa shape index (κ3) is 10.0. The number of thioether (sulfide) groups is 1. The van der Waals surface area contributed by atoms with Crippen LogP contribution in [0.3, 0.4) is 0 Å². The van der Waals surface area contributed by atoms with Gasteiger partial charge in [-0.15, -0.1) is 0 Å². The van der Waals surface area contributed by atoms with Crippen LogP contribution in [0.4, 0.5) is 0 Å². The summed E-state index contributed by atoms with van der Waals surface area (Å²) in [4.78, 5) is 27.2. The minimum Gasteiger partial charge on any atom is -0.391 e. The number of carbonyl (C=O) groups is 2. The van der Waals surface area contributed by atoms with E-state index in [2.05, 4.69) is 56.1 Å². The summed E-state index contributed by atoms with van der Waals surface area (Å²) >= 11 is 5.89. The van der Waals surface area contributed by atoms with Gasteiger partial charge in [-0.3, -0.25) is 9.69 Å². The predicted octanol–water partition coefficient (Wildman–Crippen LogP) is 3.05. The first-order valence-electron chi connectivity index (χ1n) is 12.6. The smallest absolute Gasteiger partial charge is 0.330 e. The van der Waals surface area contributed by atoms with Gasteiger partial charge in [-0.25, -0.2) is 4.79 Å². The zero-order valence-corrected chi connectivity index (χ0v) is 23.4. The molecule has 0 spiro atoms. The Morgan fingerprint density at radius 2 is 1.89 bits per heavy atom. The Hall–Kier alpha value is -1.62. The summed E-state index contributed by atoms with van der Waals surface area (Å²) in [5.41, 5.74) is 13.1. The van der Waals surface area contributed by atoms with Crippen molar-refractivity contribution in [3.63, 3.8) is 0 Å². The standard InChI is InChI=1S/C27H42N4O3S2/c1-4-19(2)25(30-14-22(28)18-35)16-31(17-26(32)34-27(33)24(29)12-13-36-3)15-21-10-7-9-20-8-5-6-11-23(20)21/h5-11,19,22,24-25,30,35H,4,12-18,28-29H2,1-3H3/t19?,22-,24+,25?/m1/s1. The molecule has 2 aromatic carbocycles. The number of thiol groups is 1. The zero-order valence-electron chi connectivity index (χ0n) is 21.7. The highest BCUT2D eigenvalue weighted by Crippen LogP contribution is 2.21. The predicted molar refractivity (Wildman–Crippen MR) is 154 cm³/mol. The van der Waals surface area contributed by atoms with E-state index < -0.39 is 18.0 Å². The molecule has 0 aliphatic heterocycles. The summed E-state index contributed by atoms with van der Waals surface area (Å²) in [6.45, 7) is 6.09. The molecule has 200 valence electrons. The van der Waals surface area contributed by atoms with Crippen molar-refractivity contribution < 1.29 is 14.3 Å². The first-order chi connectivity index (χ1) is 17.3. The molecule has 7 nitrogen and oxygen atoms in total. The fourth-order valence-electron chi connectivity index (χ4n) is 4.00. The molecule has 0 heterocycles. The molecule has 0 saturated heterocycles. The summed E-state index contributed by atoms with van der Waals surface area (Å²) in [7, 11) is 0. The molecule has 0 bridgehead atoms. The fourth-order valence-corrected chi connectivity index (χ4v) is 4.62. The molecule has 0 aromatic heterocycles. The van der Waals surface area contributed by atoms with Crippen molar-refractivity contribution in [1.82, 2.24) is 10.2 Å².